The highest BCUT2D eigenvalue weighted by molar-refractivity contribution is 5.85. The van der Waals surface area contributed by atoms with Gasteiger partial charge in [-0.05, 0) is 54.7 Å². The summed E-state index contributed by atoms with van der Waals surface area (Å²) >= 11 is 0. The minimum Gasteiger partial charge on any atom is -0.381 e. The second-order valence-electron chi connectivity index (χ2n) is 9.08. The van der Waals surface area contributed by atoms with E-state index in [4.69, 9.17) is 4.74 Å². The number of nitrogens with zero attached hydrogens (tertiary/aromatic N) is 2. The summed E-state index contributed by atoms with van der Waals surface area (Å²) in [7, 11) is 0. The highest BCUT2D eigenvalue weighted by atomic mass is 19.1. The molecule has 168 valence electrons. The van der Waals surface area contributed by atoms with Crippen molar-refractivity contribution in [3.05, 3.63) is 53.1 Å². The van der Waals surface area contributed by atoms with Crippen LogP contribution in [0.3, 0.4) is 0 Å². The standard InChI is InChI=1S/C24H27FN4O3/c1-24(2,31)23(30)29-5-3-14-7-15(16-9-18-20(25)11-28-22(18)27-10-16)8-17(19(14)12-29)21-13-32-6-4-26-21/h7-11,21,26,31H,3-6,12-13H2,1-2H3,(H,27,28). The molecule has 0 bridgehead atoms. The third-order valence-electron chi connectivity index (χ3n) is 6.30. The van der Waals surface area contributed by atoms with E-state index in [1.807, 2.05) is 6.07 Å². The lowest BCUT2D eigenvalue weighted by atomic mass is 9.87. The number of carbonyl (C=O) groups excluding carboxylic acids is 1. The van der Waals surface area contributed by atoms with E-state index in [0.717, 1.165) is 34.4 Å². The van der Waals surface area contributed by atoms with Gasteiger partial charge in [0.15, 0.2) is 0 Å². The molecule has 0 aliphatic carbocycles. The molecule has 7 nitrogen and oxygen atoms in total. The van der Waals surface area contributed by atoms with E-state index in [9.17, 15) is 14.3 Å². The van der Waals surface area contributed by atoms with E-state index >= 15 is 0 Å². The van der Waals surface area contributed by atoms with E-state index in [1.165, 1.54) is 20.0 Å². The zero-order chi connectivity index (χ0) is 22.5. The van der Waals surface area contributed by atoms with Crippen LogP contribution in [0.25, 0.3) is 22.2 Å². The molecular weight excluding hydrogens is 411 g/mol. The summed E-state index contributed by atoms with van der Waals surface area (Å²) in [5.74, 6) is -0.598. The van der Waals surface area contributed by atoms with Gasteiger partial charge in [0.05, 0.1) is 24.6 Å². The SMILES string of the molecule is CC(C)(O)C(=O)N1CCc2cc(-c3cnc4[nH]cc(F)c4c3)cc(C3COCCN3)c2C1. The number of amides is 1. The molecule has 2 aliphatic heterocycles. The predicted octanol–water partition coefficient (Wildman–Crippen LogP) is 2.69. The first-order valence-electron chi connectivity index (χ1n) is 10.9. The molecule has 1 fully saturated rings. The smallest absolute Gasteiger partial charge is 0.254 e. The van der Waals surface area contributed by atoms with Gasteiger partial charge in [0.25, 0.3) is 5.91 Å². The maximum Gasteiger partial charge on any atom is 0.254 e. The number of ether oxygens (including phenoxy) is 1. The maximum absolute atomic E-state index is 14.1. The predicted molar refractivity (Wildman–Crippen MR) is 118 cm³/mol. The topological polar surface area (TPSA) is 90.5 Å². The van der Waals surface area contributed by atoms with E-state index < -0.39 is 5.60 Å². The molecule has 3 aromatic rings. The van der Waals surface area contributed by atoms with Gasteiger partial charge in [-0.1, -0.05) is 6.07 Å². The van der Waals surface area contributed by atoms with Crippen molar-refractivity contribution in [3.63, 3.8) is 0 Å². The lowest BCUT2D eigenvalue weighted by Crippen LogP contribution is -2.47. The van der Waals surface area contributed by atoms with Crippen LogP contribution in [-0.2, 0) is 22.5 Å². The Bertz CT molecular complexity index is 1180. The van der Waals surface area contributed by atoms with Gasteiger partial charge in [-0.2, -0.15) is 0 Å². The molecule has 1 amide bonds. The first-order chi connectivity index (χ1) is 15.3. The summed E-state index contributed by atoms with van der Waals surface area (Å²) in [5.41, 5.74) is 4.22. The number of nitrogens with one attached hydrogen (secondary N) is 2. The van der Waals surface area contributed by atoms with Crippen LogP contribution in [0, 0.1) is 5.82 Å². The Labute approximate surface area is 185 Å². The van der Waals surface area contributed by atoms with Crippen molar-refractivity contribution in [2.24, 2.45) is 0 Å². The van der Waals surface area contributed by atoms with Gasteiger partial charge >= 0.3 is 0 Å². The Hall–Kier alpha value is -2.81. The average Bonchev–Trinajstić information content (AvgIpc) is 3.17. The molecule has 1 unspecified atom stereocenters. The van der Waals surface area contributed by atoms with E-state index in [0.29, 0.717) is 43.8 Å². The van der Waals surface area contributed by atoms with Crippen molar-refractivity contribution < 1.29 is 19.0 Å². The molecule has 0 saturated carbocycles. The fraction of sp³-hybridized carbons (Fsp3) is 0.417. The van der Waals surface area contributed by atoms with Gasteiger partial charge in [-0.25, -0.2) is 9.37 Å². The molecule has 1 atom stereocenters. The molecule has 0 radical (unpaired) electrons. The average molecular weight is 439 g/mol. The second-order valence-corrected chi connectivity index (χ2v) is 9.08. The number of aromatic nitrogens is 2. The van der Waals surface area contributed by atoms with Crippen LogP contribution >= 0.6 is 0 Å². The van der Waals surface area contributed by atoms with Gasteiger partial charge in [-0.15, -0.1) is 0 Å². The van der Waals surface area contributed by atoms with Crippen molar-refractivity contribution in [1.82, 2.24) is 20.2 Å². The van der Waals surface area contributed by atoms with E-state index in [2.05, 4.69) is 27.4 Å². The summed E-state index contributed by atoms with van der Waals surface area (Å²) in [6.45, 7) is 5.97. The number of fused-ring (bicyclic) bond motifs is 2. The van der Waals surface area contributed by atoms with E-state index in [1.54, 1.807) is 11.1 Å². The van der Waals surface area contributed by atoms with Gasteiger partial charge < -0.3 is 25.0 Å². The summed E-state index contributed by atoms with van der Waals surface area (Å²) in [6.07, 6.45) is 3.75. The molecule has 4 heterocycles. The number of carbonyl (C=O) groups is 1. The highest BCUT2D eigenvalue weighted by Gasteiger charge is 2.33. The van der Waals surface area contributed by atoms with Gasteiger partial charge in [0.2, 0.25) is 0 Å². The number of morpholine rings is 1. The van der Waals surface area contributed by atoms with E-state index in [-0.39, 0.29) is 17.8 Å². The quantitative estimate of drug-likeness (QED) is 0.585. The minimum atomic E-state index is -1.41. The summed E-state index contributed by atoms with van der Waals surface area (Å²) < 4.78 is 19.9. The number of aromatic amines is 1. The van der Waals surface area contributed by atoms with Crippen molar-refractivity contribution in [1.29, 1.82) is 0 Å². The first kappa shape index (κ1) is 21.1. The largest absolute Gasteiger partial charge is 0.381 e. The number of pyridine rings is 1. The Morgan fingerprint density at radius 2 is 2.16 bits per heavy atom. The van der Waals surface area contributed by atoms with Crippen LogP contribution in [0.1, 0.15) is 36.6 Å². The normalized spacial score (nSPS) is 19.2. The molecular formula is C24H27FN4O3. The first-order valence-corrected chi connectivity index (χ1v) is 10.9. The zero-order valence-corrected chi connectivity index (χ0v) is 18.2. The van der Waals surface area contributed by atoms with Crippen LogP contribution in [-0.4, -0.2) is 57.8 Å². The Balaban J connectivity index is 1.59. The lowest BCUT2D eigenvalue weighted by molar-refractivity contribution is -0.148. The number of H-pyrrole nitrogens is 1. The van der Waals surface area contributed by atoms with Crippen LogP contribution < -0.4 is 5.32 Å². The third kappa shape index (κ3) is 3.79. The number of hydrogen-bond donors (Lipinski definition) is 3. The van der Waals surface area contributed by atoms with Crippen LogP contribution in [0.15, 0.2) is 30.6 Å². The van der Waals surface area contributed by atoms with Crippen molar-refractivity contribution in [3.8, 4) is 11.1 Å². The highest BCUT2D eigenvalue weighted by Crippen LogP contribution is 2.35. The van der Waals surface area contributed by atoms with Crippen LogP contribution in [0.4, 0.5) is 4.39 Å². The van der Waals surface area contributed by atoms with Crippen LogP contribution in [0.5, 0.6) is 0 Å². The Morgan fingerprint density at radius 3 is 2.91 bits per heavy atom. The fourth-order valence-corrected chi connectivity index (χ4v) is 4.63. The summed E-state index contributed by atoms with van der Waals surface area (Å²) in [4.78, 5) is 21.7. The molecule has 3 N–H and O–H groups in total. The zero-order valence-electron chi connectivity index (χ0n) is 18.2. The van der Waals surface area contributed by atoms with Gasteiger partial charge in [0, 0.05) is 37.6 Å². The Morgan fingerprint density at radius 1 is 1.31 bits per heavy atom. The summed E-state index contributed by atoms with van der Waals surface area (Å²) in [5, 5.41) is 14.2. The number of halogens is 1. The number of aliphatic hydroxyl groups is 1. The molecule has 2 aromatic heterocycles. The number of hydrogen-bond acceptors (Lipinski definition) is 5. The van der Waals surface area contributed by atoms with Crippen molar-refractivity contribution >= 4 is 16.9 Å². The molecule has 1 saturated heterocycles. The Kier molecular flexibility index (Phi) is 5.23. The number of rotatable bonds is 3. The third-order valence-corrected chi connectivity index (χ3v) is 6.30. The number of benzene rings is 1. The molecule has 5 rings (SSSR count). The second kappa shape index (κ2) is 7.95. The molecule has 0 spiro atoms. The lowest BCUT2D eigenvalue weighted by Gasteiger charge is -2.36. The van der Waals surface area contributed by atoms with Crippen LogP contribution in [0.2, 0.25) is 0 Å². The monoisotopic (exact) mass is 438 g/mol. The fourth-order valence-electron chi connectivity index (χ4n) is 4.63. The summed E-state index contributed by atoms with van der Waals surface area (Å²) in [6, 6.07) is 6.02. The molecule has 32 heavy (non-hydrogen) atoms. The minimum absolute atomic E-state index is 0.00433. The molecule has 2 aliphatic rings. The van der Waals surface area contributed by atoms with Crippen molar-refractivity contribution in [2.75, 3.05) is 26.3 Å². The molecule has 8 heteroatoms. The van der Waals surface area contributed by atoms with Gasteiger partial charge in [-0.3, -0.25) is 4.79 Å². The van der Waals surface area contributed by atoms with Gasteiger partial charge in [0.1, 0.15) is 17.1 Å². The maximum atomic E-state index is 14.1. The van der Waals surface area contributed by atoms with Crippen molar-refractivity contribution in [2.45, 2.75) is 38.5 Å². The molecule has 1 aromatic carbocycles.